The minimum Gasteiger partial charge on any atom is -0.464 e. The van der Waals surface area contributed by atoms with Gasteiger partial charge < -0.3 is 10.8 Å². The zero-order valence-corrected chi connectivity index (χ0v) is 12.7. The molecule has 23 heavy (non-hydrogen) atoms. The van der Waals surface area contributed by atoms with E-state index in [1.165, 1.54) is 4.57 Å². The number of hydrogen-bond donors (Lipinski definition) is 2. The zero-order valence-electron chi connectivity index (χ0n) is 12.7. The summed E-state index contributed by atoms with van der Waals surface area (Å²) in [7, 11) is 0. The summed E-state index contributed by atoms with van der Waals surface area (Å²) in [6.07, 6.45) is 6.66. The van der Waals surface area contributed by atoms with Crippen molar-refractivity contribution in [2.45, 2.75) is 25.3 Å². The van der Waals surface area contributed by atoms with E-state index in [-0.39, 0.29) is 6.04 Å². The summed E-state index contributed by atoms with van der Waals surface area (Å²) in [5.74, 6) is 0. The lowest BCUT2D eigenvalue weighted by atomic mass is 10.00. The maximum Gasteiger partial charge on any atom is 0.416 e. The molecule has 0 radical (unpaired) electrons. The zero-order chi connectivity index (χ0) is 16.2. The van der Waals surface area contributed by atoms with E-state index in [4.69, 9.17) is 5.73 Å². The smallest absolute Gasteiger partial charge is 0.416 e. The van der Waals surface area contributed by atoms with Gasteiger partial charge in [-0.3, -0.25) is 9.55 Å². The molecule has 0 amide bonds. The first kappa shape index (κ1) is 15.2. The molecular weight excluding hydrogens is 290 g/mol. The number of carbonyl (C=O) groups is 1. The summed E-state index contributed by atoms with van der Waals surface area (Å²) in [6.45, 7) is 0. The van der Waals surface area contributed by atoms with Gasteiger partial charge in [0.05, 0.1) is 5.52 Å². The second kappa shape index (κ2) is 6.62. The third-order valence-corrected chi connectivity index (χ3v) is 4.01. The van der Waals surface area contributed by atoms with Crippen LogP contribution in [-0.4, -0.2) is 26.8 Å². The minimum absolute atomic E-state index is 0.0248. The molecule has 0 aliphatic carbocycles. The molecule has 3 rings (SSSR count). The monoisotopic (exact) mass is 309 g/mol. The lowest BCUT2D eigenvalue weighted by molar-refractivity contribution is 0.197. The number of nitrogens with zero attached hydrogens (tertiary/aromatic N) is 2. The highest BCUT2D eigenvalue weighted by atomic mass is 16.4. The first-order valence-corrected chi connectivity index (χ1v) is 7.62. The number of benzene rings is 1. The van der Waals surface area contributed by atoms with Crippen molar-refractivity contribution < 1.29 is 9.90 Å². The summed E-state index contributed by atoms with van der Waals surface area (Å²) in [5.41, 5.74) is 9.09. The molecule has 1 aromatic carbocycles. The van der Waals surface area contributed by atoms with Crippen molar-refractivity contribution in [3.05, 3.63) is 66.1 Å². The molecule has 3 N–H and O–H groups in total. The molecule has 0 saturated carbocycles. The fourth-order valence-electron chi connectivity index (χ4n) is 2.85. The molecule has 0 unspecified atom stereocenters. The number of carboxylic acid groups (broad SMARTS) is 1. The highest BCUT2D eigenvalue weighted by Crippen LogP contribution is 2.23. The Bertz CT molecular complexity index is 812. The lowest BCUT2D eigenvalue weighted by Gasteiger charge is -2.10. The van der Waals surface area contributed by atoms with Crippen molar-refractivity contribution in [1.29, 1.82) is 0 Å². The number of fused-ring (bicyclic) bond motifs is 1. The molecule has 5 heteroatoms. The molecule has 1 atom stereocenters. The summed E-state index contributed by atoms with van der Waals surface area (Å²) >= 11 is 0. The Morgan fingerprint density at radius 2 is 2.09 bits per heavy atom. The maximum atomic E-state index is 11.3. The van der Waals surface area contributed by atoms with Crippen LogP contribution in [0.25, 0.3) is 10.9 Å². The topological polar surface area (TPSA) is 81.1 Å². The third kappa shape index (κ3) is 3.40. The quantitative estimate of drug-likeness (QED) is 0.759. The predicted molar refractivity (Wildman–Crippen MR) is 89.6 cm³/mol. The lowest BCUT2D eigenvalue weighted by Crippen LogP contribution is -2.23. The highest BCUT2D eigenvalue weighted by Gasteiger charge is 2.14. The highest BCUT2D eigenvalue weighted by molar-refractivity contribution is 5.91. The van der Waals surface area contributed by atoms with E-state index in [1.807, 2.05) is 42.6 Å². The van der Waals surface area contributed by atoms with Gasteiger partial charge >= 0.3 is 6.09 Å². The number of aromatic nitrogens is 2. The Morgan fingerprint density at radius 1 is 1.26 bits per heavy atom. The van der Waals surface area contributed by atoms with Gasteiger partial charge in [-0.25, -0.2) is 4.79 Å². The van der Waals surface area contributed by atoms with Crippen molar-refractivity contribution in [1.82, 2.24) is 9.55 Å². The molecule has 3 aromatic rings. The number of hydrogen-bond acceptors (Lipinski definition) is 3. The summed E-state index contributed by atoms with van der Waals surface area (Å²) in [6, 6.07) is 11.4. The fourth-order valence-corrected chi connectivity index (χ4v) is 2.85. The van der Waals surface area contributed by atoms with Crippen LogP contribution in [0.4, 0.5) is 4.79 Å². The number of rotatable bonds is 5. The first-order chi connectivity index (χ1) is 11.1. The van der Waals surface area contributed by atoms with Crippen LogP contribution in [0.1, 0.15) is 17.5 Å². The molecule has 0 bridgehead atoms. The Labute approximate surface area is 134 Å². The van der Waals surface area contributed by atoms with Gasteiger partial charge in [0.25, 0.3) is 0 Å². The third-order valence-electron chi connectivity index (χ3n) is 4.01. The number of pyridine rings is 1. The molecule has 0 aliphatic heterocycles. The van der Waals surface area contributed by atoms with Crippen LogP contribution < -0.4 is 5.73 Å². The van der Waals surface area contributed by atoms with Crippen LogP contribution in [-0.2, 0) is 12.8 Å². The largest absolute Gasteiger partial charge is 0.464 e. The molecule has 0 saturated heterocycles. The Balaban J connectivity index is 1.74. The molecule has 2 heterocycles. The average Bonchev–Trinajstić information content (AvgIpc) is 2.93. The van der Waals surface area contributed by atoms with Crippen molar-refractivity contribution >= 4 is 17.0 Å². The number of para-hydroxylation sites is 1. The maximum absolute atomic E-state index is 11.3. The van der Waals surface area contributed by atoms with Gasteiger partial charge in [-0.1, -0.05) is 24.3 Å². The van der Waals surface area contributed by atoms with Gasteiger partial charge in [0.2, 0.25) is 0 Å². The summed E-state index contributed by atoms with van der Waals surface area (Å²) < 4.78 is 1.26. The van der Waals surface area contributed by atoms with Gasteiger partial charge in [-0.2, -0.15) is 0 Å². The standard InChI is InChI=1S/C18H19N3O2/c19-15(8-7-13-4-3-9-20-11-13)10-14-12-21(18(22)23)17-6-2-1-5-16(14)17/h1-6,9,11-12,15H,7-8,10,19H2,(H,22,23)/t15-/m1/s1. The molecule has 0 aliphatic rings. The van der Waals surface area contributed by atoms with Crippen LogP contribution >= 0.6 is 0 Å². The van der Waals surface area contributed by atoms with E-state index in [0.29, 0.717) is 11.9 Å². The van der Waals surface area contributed by atoms with Crippen LogP contribution in [0.2, 0.25) is 0 Å². The van der Waals surface area contributed by atoms with E-state index >= 15 is 0 Å². The Morgan fingerprint density at radius 3 is 2.83 bits per heavy atom. The van der Waals surface area contributed by atoms with E-state index in [9.17, 15) is 9.90 Å². The van der Waals surface area contributed by atoms with Crippen LogP contribution in [0, 0.1) is 0 Å². The van der Waals surface area contributed by atoms with Crippen molar-refractivity contribution in [2.75, 3.05) is 0 Å². The first-order valence-electron chi connectivity index (χ1n) is 7.62. The second-order valence-corrected chi connectivity index (χ2v) is 5.69. The van der Waals surface area contributed by atoms with Gasteiger partial charge in [-0.15, -0.1) is 0 Å². The van der Waals surface area contributed by atoms with Gasteiger partial charge in [0.15, 0.2) is 0 Å². The van der Waals surface area contributed by atoms with Crippen LogP contribution in [0.15, 0.2) is 55.0 Å². The average molecular weight is 309 g/mol. The second-order valence-electron chi connectivity index (χ2n) is 5.69. The van der Waals surface area contributed by atoms with E-state index in [1.54, 1.807) is 12.4 Å². The molecule has 0 spiro atoms. The molecule has 118 valence electrons. The minimum atomic E-state index is -0.976. The van der Waals surface area contributed by atoms with Gasteiger partial charge in [0, 0.05) is 30.0 Å². The van der Waals surface area contributed by atoms with E-state index in [2.05, 4.69) is 4.98 Å². The fraction of sp³-hybridized carbons (Fsp3) is 0.222. The number of nitrogens with two attached hydrogens (primary N) is 1. The molecule has 5 nitrogen and oxygen atoms in total. The normalized spacial score (nSPS) is 12.4. The number of aryl methyl sites for hydroxylation is 1. The van der Waals surface area contributed by atoms with Crippen LogP contribution in [0.5, 0.6) is 0 Å². The van der Waals surface area contributed by atoms with Crippen LogP contribution in [0.3, 0.4) is 0 Å². The van der Waals surface area contributed by atoms with Crippen molar-refractivity contribution in [2.24, 2.45) is 5.73 Å². The van der Waals surface area contributed by atoms with Crippen molar-refractivity contribution in [3.63, 3.8) is 0 Å². The van der Waals surface area contributed by atoms with Gasteiger partial charge in [-0.05, 0) is 42.5 Å². The Hall–Kier alpha value is -2.66. The summed E-state index contributed by atoms with van der Waals surface area (Å²) in [5, 5.41) is 10.3. The van der Waals surface area contributed by atoms with Gasteiger partial charge in [0.1, 0.15) is 0 Å². The molecule has 2 aromatic heterocycles. The predicted octanol–water partition coefficient (Wildman–Crippen LogP) is 3.07. The molecule has 0 fully saturated rings. The Kier molecular flexibility index (Phi) is 4.39. The molecular formula is C18H19N3O2. The van der Waals surface area contributed by atoms with E-state index in [0.717, 1.165) is 29.4 Å². The van der Waals surface area contributed by atoms with Crippen molar-refractivity contribution in [3.8, 4) is 0 Å². The summed E-state index contributed by atoms with van der Waals surface area (Å²) in [4.78, 5) is 15.5. The SMILES string of the molecule is N[C@H](CCc1cccnc1)Cc1cn(C(=O)O)c2ccccc12. The van der Waals surface area contributed by atoms with E-state index < -0.39 is 6.09 Å².